The number of hydrogen-bond donors (Lipinski definition) is 1. The second-order valence-electron chi connectivity index (χ2n) is 5.61. The molecule has 3 rings (SSSR count). The van der Waals surface area contributed by atoms with Gasteiger partial charge in [-0.05, 0) is 36.8 Å². The van der Waals surface area contributed by atoms with Crippen LogP contribution in [-0.4, -0.2) is 24.3 Å². The monoisotopic (exact) mass is 286 g/mol. The van der Waals surface area contributed by atoms with Gasteiger partial charge in [0.25, 0.3) is 0 Å². The predicted molar refractivity (Wildman–Crippen MR) is 83.3 cm³/mol. The first kappa shape index (κ1) is 14.3. The third kappa shape index (κ3) is 3.17. The number of hydrogen-bond acceptors (Lipinski definition) is 4. The van der Waals surface area contributed by atoms with E-state index in [1.54, 1.807) is 7.11 Å². The molecule has 4 nitrogen and oxygen atoms in total. The maximum atomic E-state index is 6.20. The summed E-state index contributed by atoms with van der Waals surface area (Å²) in [4.78, 5) is 4.58. The van der Waals surface area contributed by atoms with Crippen LogP contribution in [0.5, 0.6) is 5.88 Å². The van der Waals surface area contributed by atoms with Crippen molar-refractivity contribution in [2.75, 3.05) is 7.11 Å². The van der Waals surface area contributed by atoms with E-state index >= 15 is 0 Å². The van der Waals surface area contributed by atoms with Crippen molar-refractivity contribution in [2.24, 2.45) is 5.73 Å². The Morgan fingerprint density at radius 3 is 2.86 bits per heavy atom. The summed E-state index contributed by atoms with van der Waals surface area (Å²) >= 11 is 0. The fourth-order valence-corrected chi connectivity index (χ4v) is 3.00. The molecule has 0 saturated heterocycles. The molecule has 2 aromatic rings. The molecule has 112 valence electrons. The van der Waals surface area contributed by atoms with Crippen LogP contribution < -0.4 is 10.5 Å². The number of nitrogens with zero attached hydrogens (tertiary/aromatic N) is 1. The van der Waals surface area contributed by atoms with Gasteiger partial charge in [-0.25, -0.2) is 4.98 Å². The van der Waals surface area contributed by atoms with Crippen LogP contribution in [0, 0.1) is 0 Å². The zero-order valence-electron chi connectivity index (χ0n) is 12.4. The van der Waals surface area contributed by atoms with E-state index in [1.807, 2.05) is 18.2 Å². The highest BCUT2D eigenvalue weighted by Gasteiger charge is 2.24. The van der Waals surface area contributed by atoms with Gasteiger partial charge < -0.3 is 15.2 Å². The van der Waals surface area contributed by atoms with Gasteiger partial charge in [-0.3, -0.25) is 0 Å². The maximum absolute atomic E-state index is 6.20. The summed E-state index contributed by atoms with van der Waals surface area (Å²) in [5.41, 5.74) is 6.61. The average molecular weight is 286 g/mol. The molecule has 1 saturated carbocycles. The van der Waals surface area contributed by atoms with Crippen molar-refractivity contribution in [3.63, 3.8) is 0 Å². The van der Waals surface area contributed by atoms with Crippen LogP contribution in [0.15, 0.2) is 30.3 Å². The molecule has 0 amide bonds. The number of rotatable bonds is 4. The molecule has 0 radical (unpaired) electrons. The molecular weight excluding hydrogens is 264 g/mol. The first-order valence-electron chi connectivity index (χ1n) is 7.58. The maximum Gasteiger partial charge on any atom is 0.221 e. The van der Waals surface area contributed by atoms with Gasteiger partial charge in [-0.1, -0.05) is 18.2 Å². The molecule has 21 heavy (non-hydrogen) atoms. The smallest absolute Gasteiger partial charge is 0.221 e. The summed E-state index contributed by atoms with van der Waals surface area (Å²) in [5, 5.41) is 2.18. The van der Waals surface area contributed by atoms with E-state index in [0.29, 0.717) is 18.5 Å². The second kappa shape index (κ2) is 6.41. The normalized spacial score (nSPS) is 22.4. The van der Waals surface area contributed by atoms with E-state index in [1.165, 1.54) is 0 Å². The Kier molecular flexibility index (Phi) is 4.36. The van der Waals surface area contributed by atoms with Crippen LogP contribution in [0.2, 0.25) is 0 Å². The molecule has 1 aromatic carbocycles. The summed E-state index contributed by atoms with van der Waals surface area (Å²) in [6, 6.07) is 10.2. The minimum absolute atomic E-state index is 0.174. The Morgan fingerprint density at radius 2 is 2.05 bits per heavy atom. The van der Waals surface area contributed by atoms with Crippen molar-refractivity contribution in [3.05, 3.63) is 36.0 Å². The highest BCUT2D eigenvalue weighted by atomic mass is 16.5. The van der Waals surface area contributed by atoms with Gasteiger partial charge in [0.1, 0.15) is 6.10 Å². The zero-order chi connectivity index (χ0) is 14.7. The minimum Gasteiger partial charge on any atom is -0.474 e. The molecule has 1 fully saturated rings. The molecule has 0 bridgehead atoms. The third-order valence-electron chi connectivity index (χ3n) is 4.16. The highest BCUT2D eigenvalue weighted by molar-refractivity contribution is 5.87. The lowest BCUT2D eigenvalue weighted by Crippen LogP contribution is -2.29. The first-order chi connectivity index (χ1) is 10.3. The zero-order valence-corrected chi connectivity index (χ0v) is 12.4. The molecule has 2 atom stereocenters. The van der Waals surface area contributed by atoms with Gasteiger partial charge in [0.05, 0.1) is 11.8 Å². The predicted octanol–water partition coefficient (Wildman–Crippen LogP) is 3.03. The lowest BCUT2D eigenvalue weighted by atomic mass is 9.95. The van der Waals surface area contributed by atoms with Crippen molar-refractivity contribution in [1.82, 2.24) is 4.98 Å². The molecule has 2 N–H and O–H groups in total. The van der Waals surface area contributed by atoms with Gasteiger partial charge in [0, 0.05) is 25.5 Å². The van der Waals surface area contributed by atoms with Gasteiger partial charge in [0.2, 0.25) is 5.88 Å². The molecule has 1 aromatic heterocycles. The number of benzene rings is 1. The van der Waals surface area contributed by atoms with Crippen LogP contribution in [0.4, 0.5) is 0 Å². The van der Waals surface area contributed by atoms with Crippen molar-refractivity contribution >= 4 is 10.8 Å². The Morgan fingerprint density at radius 1 is 1.24 bits per heavy atom. The summed E-state index contributed by atoms with van der Waals surface area (Å²) in [6.07, 6.45) is 4.72. The Balaban J connectivity index is 1.88. The Labute approximate surface area is 125 Å². The molecule has 2 unspecified atom stereocenters. The SMILES string of the molecule is COC1CCCC(Oc2nc(CN)cc3ccccc23)C1. The topological polar surface area (TPSA) is 57.4 Å². The van der Waals surface area contributed by atoms with Crippen molar-refractivity contribution < 1.29 is 9.47 Å². The van der Waals surface area contributed by atoms with E-state index in [-0.39, 0.29) is 6.10 Å². The average Bonchev–Trinajstić information content (AvgIpc) is 2.55. The molecule has 1 aliphatic rings. The van der Waals surface area contributed by atoms with Gasteiger partial charge in [-0.15, -0.1) is 0 Å². The van der Waals surface area contributed by atoms with Crippen molar-refractivity contribution in [3.8, 4) is 5.88 Å². The lowest BCUT2D eigenvalue weighted by Gasteiger charge is -2.28. The standard InChI is InChI=1S/C17H22N2O2/c1-20-14-6-4-7-15(10-14)21-17-16-8-3-2-5-12(16)9-13(11-18)19-17/h2-3,5,8-9,14-15H,4,6-7,10-11,18H2,1H3. The number of aromatic nitrogens is 1. The largest absolute Gasteiger partial charge is 0.474 e. The number of nitrogens with two attached hydrogens (primary N) is 1. The summed E-state index contributed by atoms with van der Waals surface area (Å²) in [7, 11) is 1.77. The van der Waals surface area contributed by atoms with Gasteiger partial charge in [-0.2, -0.15) is 0 Å². The molecule has 4 heteroatoms. The van der Waals surface area contributed by atoms with Crippen LogP contribution in [0.1, 0.15) is 31.4 Å². The molecular formula is C17H22N2O2. The van der Waals surface area contributed by atoms with E-state index in [2.05, 4.69) is 17.1 Å². The van der Waals surface area contributed by atoms with E-state index in [4.69, 9.17) is 15.2 Å². The highest BCUT2D eigenvalue weighted by Crippen LogP contribution is 2.29. The number of ether oxygens (including phenoxy) is 2. The third-order valence-corrected chi connectivity index (χ3v) is 4.16. The number of pyridine rings is 1. The minimum atomic E-state index is 0.174. The number of fused-ring (bicyclic) bond motifs is 1. The summed E-state index contributed by atoms with van der Waals surface area (Å²) < 4.78 is 11.7. The van der Waals surface area contributed by atoms with Crippen LogP contribution in [-0.2, 0) is 11.3 Å². The quantitative estimate of drug-likeness (QED) is 0.938. The fourth-order valence-electron chi connectivity index (χ4n) is 3.00. The van der Waals surface area contributed by atoms with Gasteiger partial charge >= 0.3 is 0 Å². The summed E-state index contributed by atoms with van der Waals surface area (Å²) in [6.45, 7) is 0.423. The molecule has 1 aliphatic carbocycles. The lowest BCUT2D eigenvalue weighted by molar-refractivity contribution is 0.0200. The van der Waals surface area contributed by atoms with Crippen LogP contribution in [0.25, 0.3) is 10.8 Å². The fraction of sp³-hybridized carbons (Fsp3) is 0.471. The molecule has 0 spiro atoms. The number of methoxy groups -OCH3 is 1. The van der Waals surface area contributed by atoms with Crippen molar-refractivity contribution in [2.45, 2.75) is 44.4 Å². The van der Waals surface area contributed by atoms with Crippen LogP contribution in [0.3, 0.4) is 0 Å². The van der Waals surface area contributed by atoms with Crippen molar-refractivity contribution in [1.29, 1.82) is 0 Å². The van der Waals surface area contributed by atoms with E-state index in [0.717, 1.165) is 42.1 Å². The van der Waals surface area contributed by atoms with Gasteiger partial charge in [0.15, 0.2) is 0 Å². The second-order valence-corrected chi connectivity index (χ2v) is 5.61. The Hall–Kier alpha value is -1.65. The summed E-state index contributed by atoms with van der Waals surface area (Å²) in [5.74, 6) is 0.704. The van der Waals surface area contributed by atoms with Crippen LogP contribution >= 0.6 is 0 Å². The molecule has 0 aliphatic heterocycles. The molecule has 1 heterocycles. The van der Waals surface area contributed by atoms with E-state index < -0.39 is 0 Å². The first-order valence-corrected chi connectivity index (χ1v) is 7.58. The Bertz CT molecular complexity index is 615. The van der Waals surface area contributed by atoms with E-state index in [9.17, 15) is 0 Å².